The molecule has 8 heteroatoms. The van der Waals surface area contributed by atoms with Crippen LogP contribution in [0.25, 0.3) is 10.8 Å². The fourth-order valence-corrected chi connectivity index (χ4v) is 5.98. The maximum atomic E-state index is 14.1. The number of nitrogens with zero attached hydrogens (tertiary/aromatic N) is 2. The van der Waals surface area contributed by atoms with E-state index < -0.39 is 28.5 Å². The molecule has 1 atom stereocenters. The molecule has 7 nitrogen and oxygen atoms in total. The highest BCUT2D eigenvalue weighted by molar-refractivity contribution is 7.89. The number of carbonyl (C=O) groups is 2. The minimum Gasteiger partial charge on any atom is -0.354 e. The van der Waals surface area contributed by atoms with Crippen molar-refractivity contribution in [2.45, 2.75) is 44.7 Å². The molecule has 0 spiro atoms. The van der Waals surface area contributed by atoms with Gasteiger partial charge in [0.25, 0.3) is 0 Å². The quantitative estimate of drug-likeness (QED) is 0.248. The second kappa shape index (κ2) is 13.8. The van der Waals surface area contributed by atoms with E-state index >= 15 is 0 Å². The molecular weight excluding hydrogens is 546 g/mol. The lowest BCUT2D eigenvalue weighted by Crippen LogP contribution is -2.53. The monoisotopic (exact) mass is 585 g/mol. The molecule has 42 heavy (non-hydrogen) atoms. The summed E-state index contributed by atoms with van der Waals surface area (Å²) in [5.41, 5.74) is 2.77. The predicted molar refractivity (Wildman–Crippen MR) is 167 cm³/mol. The zero-order chi connectivity index (χ0) is 30.3. The van der Waals surface area contributed by atoms with Crippen LogP contribution in [0.5, 0.6) is 0 Å². The Morgan fingerprint density at radius 2 is 1.48 bits per heavy atom. The Morgan fingerprint density at radius 3 is 2.17 bits per heavy atom. The zero-order valence-electron chi connectivity index (χ0n) is 24.7. The Bertz CT molecular complexity index is 1640. The van der Waals surface area contributed by atoms with Crippen LogP contribution in [0.1, 0.15) is 30.5 Å². The van der Waals surface area contributed by atoms with Crippen molar-refractivity contribution in [3.05, 3.63) is 114 Å². The molecule has 220 valence electrons. The number of likely N-dealkylation sites (N-methyl/N-ethyl adjacent to an activating group) is 1. The summed E-state index contributed by atoms with van der Waals surface area (Å²) in [6.07, 6.45) is 0.295. The summed E-state index contributed by atoms with van der Waals surface area (Å²) >= 11 is 0. The highest BCUT2D eigenvalue weighted by atomic mass is 32.2. The maximum Gasteiger partial charge on any atom is 0.243 e. The van der Waals surface area contributed by atoms with Crippen LogP contribution in [-0.2, 0) is 32.6 Å². The molecular formula is C34H39N3O4S. The normalized spacial score (nSPS) is 12.4. The molecule has 0 heterocycles. The molecule has 0 bridgehead atoms. The van der Waals surface area contributed by atoms with E-state index in [1.807, 2.05) is 99.6 Å². The molecule has 0 aromatic heterocycles. The molecule has 0 aliphatic carbocycles. The SMILES string of the molecule is Cc1ccccc1CN(C(=O)CN(C)S(=O)(=O)c1ccc2ccccc2c1)C(Cc1ccccc1)C(=O)NCC(C)C. The lowest BCUT2D eigenvalue weighted by molar-refractivity contribution is -0.141. The number of amides is 2. The number of sulfonamides is 1. The van der Waals surface area contributed by atoms with Gasteiger partial charge in [0.15, 0.2) is 0 Å². The molecule has 2 amide bonds. The fourth-order valence-electron chi connectivity index (χ4n) is 4.82. The summed E-state index contributed by atoms with van der Waals surface area (Å²) in [5, 5.41) is 4.72. The van der Waals surface area contributed by atoms with Crippen molar-refractivity contribution in [1.82, 2.24) is 14.5 Å². The molecule has 0 aliphatic rings. The Balaban J connectivity index is 1.67. The van der Waals surface area contributed by atoms with Gasteiger partial charge in [-0.05, 0) is 52.4 Å². The third-order valence-corrected chi connectivity index (χ3v) is 9.14. The van der Waals surface area contributed by atoms with E-state index in [-0.39, 0.29) is 23.3 Å². The molecule has 0 saturated carbocycles. The van der Waals surface area contributed by atoms with Gasteiger partial charge in [0.1, 0.15) is 6.04 Å². The number of benzene rings is 4. The van der Waals surface area contributed by atoms with E-state index in [0.717, 1.165) is 31.8 Å². The van der Waals surface area contributed by atoms with Crippen LogP contribution in [0.3, 0.4) is 0 Å². The molecule has 0 radical (unpaired) electrons. The summed E-state index contributed by atoms with van der Waals surface area (Å²) < 4.78 is 28.3. The molecule has 1 N–H and O–H groups in total. The van der Waals surface area contributed by atoms with Crippen LogP contribution in [0, 0.1) is 12.8 Å². The third-order valence-electron chi connectivity index (χ3n) is 7.34. The van der Waals surface area contributed by atoms with Crippen LogP contribution in [0.4, 0.5) is 0 Å². The van der Waals surface area contributed by atoms with E-state index in [2.05, 4.69) is 5.32 Å². The van der Waals surface area contributed by atoms with Gasteiger partial charge in [0.05, 0.1) is 11.4 Å². The standard InChI is InChI=1S/C34H39N3O4S/c1-25(2)22-35-34(39)32(20-27-13-6-5-7-14-27)37(23-30-17-9-8-12-26(30)3)33(38)24-36(4)42(40,41)31-19-18-28-15-10-11-16-29(28)21-31/h5-19,21,25,32H,20,22-24H2,1-4H3,(H,35,39). The fraction of sp³-hybridized carbons (Fsp3) is 0.294. The minimum absolute atomic E-state index is 0.109. The first-order valence-electron chi connectivity index (χ1n) is 14.2. The average molecular weight is 586 g/mol. The van der Waals surface area contributed by atoms with Gasteiger partial charge in [-0.1, -0.05) is 98.8 Å². The molecule has 1 unspecified atom stereocenters. The van der Waals surface area contributed by atoms with Gasteiger partial charge < -0.3 is 10.2 Å². The van der Waals surface area contributed by atoms with Gasteiger partial charge in [-0.2, -0.15) is 4.31 Å². The first kappa shape index (κ1) is 30.9. The second-order valence-electron chi connectivity index (χ2n) is 11.1. The third kappa shape index (κ3) is 7.63. The van der Waals surface area contributed by atoms with Crippen LogP contribution in [0.15, 0.2) is 102 Å². The number of hydrogen-bond donors (Lipinski definition) is 1. The average Bonchev–Trinajstić information content (AvgIpc) is 2.98. The van der Waals surface area contributed by atoms with Crippen molar-refractivity contribution in [3.8, 4) is 0 Å². The molecule has 0 saturated heterocycles. The number of carbonyl (C=O) groups excluding carboxylic acids is 2. The minimum atomic E-state index is -3.98. The van der Waals surface area contributed by atoms with Crippen molar-refractivity contribution in [2.75, 3.05) is 20.1 Å². The lowest BCUT2D eigenvalue weighted by atomic mass is 10.0. The molecule has 0 aliphatic heterocycles. The van der Waals surface area contributed by atoms with E-state index in [4.69, 9.17) is 0 Å². The highest BCUT2D eigenvalue weighted by Crippen LogP contribution is 2.23. The Morgan fingerprint density at radius 1 is 0.833 bits per heavy atom. The van der Waals surface area contributed by atoms with E-state index in [1.54, 1.807) is 18.2 Å². The number of rotatable bonds is 12. The van der Waals surface area contributed by atoms with Crippen molar-refractivity contribution >= 4 is 32.6 Å². The van der Waals surface area contributed by atoms with E-state index in [0.29, 0.717) is 13.0 Å². The van der Waals surface area contributed by atoms with Gasteiger partial charge in [-0.15, -0.1) is 0 Å². The summed E-state index contributed by atoms with van der Waals surface area (Å²) in [7, 11) is -2.58. The van der Waals surface area contributed by atoms with Crippen LogP contribution in [-0.4, -0.2) is 55.6 Å². The Labute approximate surface area is 249 Å². The summed E-state index contributed by atoms with van der Waals surface area (Å²) in [5.74, 6) is -0.495. The van der Waals surface area contributed by atoms with Crippen molar-refractivity contribution in [3.63, 3.8) is 0 Å². The Kier molecular flexibility index (Phi) is 10.1. The van der Waals surface area contributed by atoms with Gasteiger partial charge in [0.2, 0.25) is 21.8 Å². The van der Waals surface area contributed by atoms with Gasteiger partial charge in [-0.3, -0.25) is 9.59 Å². The van der Waals surface area contributed by atoms with Crippen molar-refractivity contribution in [2.24, 2.45) is 5.92 Å². The second-order valence-corrected chi connectivity index (χ2v) is 13.1. The first-order chi connectivity index (χ1) is 20.1. The molecule has 4 aromatic carbocycles. The lowest BCUT2D eigenvalue weighted by Gasteiger charge is -2.33. The number of hydrogen-bond acceptors (Lipinski definition) is 4. The van der Waals surface area contributed by atoms with Crippen LogP contribution >= 0.6 is 0 Å². The molecule has 4 aromatic rings. The van der Waals surface area contributed by atoms with Gasteiger partial charge >= 0.3 is 0 Å². The van der Waals surface area contributed by atoms with Crippen LogP contribution < -0.4 is 5.32 Å². The maximum absolute atomic E-state index is 14.1. The summed E-state index contributed by atoms with van der Waals surface area (Å²) in [6.45, 7) is 6.20. The first-order valence-corrected chi connectivity index (χ1v) is 15.6. The summed E-state index contributed by atoms with van der Waals surface area (Å²) in [6, 6.07) is 28.9. The summed E-state index contributed by atoms with van der Waals surface area (Å²) in [4.78, 5) is 29.4. The highest BCUT2D eigenvalue weighted by Gasteiger charge is 2.33. The van der Waals surface area contributed by atoms with Crippen molar-refractivity contribution < 1.29 is 18.0 Å². The van der Waals surface area contributed by atoms with E-state index in [9.17, 15) is 18.0 Å². The van der Waals surface area contributed by atoms with Gasteiger partial charge in [-0.25, -0.2) is 8.42 Å². The number of nitrogens with one attached hydrogen (secondary N) is 1. The smallest absolute Gasteiger partial charge is 0.243 e. The van der Waals surface area contributed by atoms with Gasteiger partial charge in [0, 0.05) is 26.6 Å². The van der Waals surface area contributed by atoms with E-state index in [1.165, 1.54) is 11.9 Å². The largest absolute Gasteiger partial charge is 0.354 e. The number of aryl methyl sites for hydroxylation is 1. The van der Waals surface area contributed by atoms with Crippen LogP contribution in [0.2, 0.25) is 0 Å². The topological polar surface area (TPSA) is 86.8 Å². The number of fused-ring (bicyclic) bond motifs is 1. The molecule has 4 rings (SSSR count). The zero-order valence-corrected chi connectivity index (χ0v) is 25.5. The molecule has 0 fully saturated rings. The Hall–Kier alpha value is -4.01. The predicted octanol–water partition coefficient (Wildman–Crippen LogP) is 5.18. The van der Waals surface area contributed by atoms with Crippen molar-refractivity contribution in [1.29, 1.82) is 0 Å².